The summed E-state index contributed by atoms with van der Waals surface area (Å²) >= 11 is 1.18. The Morgan fingerprint density at radius 1 is 1.27 bits per heavy atom. The summed E-state index contributed by atoms with van der Waals surface area (Å²) in [6.45, 7) is 0. The number of hydrogen-bond acceptors (Lipinski definition) is 5. The van der Waals surface area contributed by atoms with Crippen LogP contribution in [0.15, 0.2) is 11.4 Å². The molecule has 7 heteroatoms. The van der Waals surface area contributed by atoms with E-state index in [1.165, 1.54) is 18.4 Å². The molecule has 1 aromatic heterocycles. The second-order valence-electron chi connectivity index (χ2n) is 5.87. The SMILES string of the molecule is COC(=O)c1sccc1NC(=O)[C@H]1[C@H]2CC[C@@H](C2)[C@@H]1C(=O)O. The summed E-state index contributed by atoms with van der Waals surface area (Å²) in [5, 5.41) is 13.8. The first kappa shape index (κ1) is 15.0. The van der Waals surface area contributed by atoms with Crippen molar-refractivity contribution in [1.29, 1.82) is 0 Å². The number of fused-ring (bicyclic) bond motifs is 2. The highest BCUT2D eigenvalue weighted by atomic mass is 32.1. The Kier molecular flexibility index (Phi) is 3.90. The average Bonchev–Trinajstić information content (AvgIpc) is 3.20. The molecule has 0 spiro atoms. The minimum Gasteiger partial charge on any atom is -0.481 e. The summed E-state index contributed by atoms with van der Waals surface area (Å²) in [6.07, 6.45) is 2.60. The predicted octanol–water partition coefficient (Wildman–Crippen LogP) is 2.22. The molecule has 2 aliphatic carbocycles. The number of carbonyl (C=O) groups excluding carboxylic acids is 2. The van der Waals surface area contributed by atoms with Crippen LogP contribution in [-0.2, 0) is 14.3 Å². The van der Waals surface area contributed by atoms with Crippen LogP contribution in [0.3, 0.4) is 0 Å². The van der Waals surface area contributed by atoms with Crippen LogP contribution in [0.4, 0.5) is 5.69 Å². The van der Waals surface area contributed by atoms with E-state index in [-0.39, 0.29) is 17.7 Å². The number of aliphatic carboxylic acids is 1. The van der Waals surface area contributed by atoms with Crippen LogP contribution in [0.1, 0.15) is 28.9 Å². The fourth-order valence-corrected chi connectivity index (χ4v) is 4.66. The van der Waals surface area contributed by atoms with Crippen LogP contribution >= 0.6 is 11.3 Å². The molecule has 2 aliphatic rings. The fourth-order valence-electron chi connectivity index (χ4n) is 3.90. The van der Waals surface area contributed by atoms with Gasteiger partial charge >= 0.3 is 11.9 Å². The number of amides is 1. The van der Waals surface area contributed by atoms with Crippen molar-refractivity contribution in [1.82, 2.24) is 0 Å². The minimum absolute atomic E-state index is 0.0980. The van der Waals surface area contributed by atoms with E-state index in [2.05, 4.69) is 10.1 Å². The van der Waals surface area contributed by atoms with Crippen molar-refractivity contribution in [3.8, 4) is 0 Å². The summed E-state index contributed by atoms with van der Waals surface area (Å²) in [6, 6.07) is 1.64. The van der Waals surface area contributed by atoms with E-state index in [1.54, 1.807) is 11.4 Å². The van der Waals surface area contributed by atoms with E-state index < -0.39 is 23.8 Å². The number of rotatable bonds is 4. The molecule has 0 unspecified atom stereocenters. The molecule has 118 valence electrons. The summed E-state index contributed by atoms with van der Waals surface area (Å²) in [7, 11) is 1.28. The first-order chi connectivity index (χ1) is 10.5. The number of methoxy groups -OCH3 is 1. The van der Waals surface area contributed by atoms with Gasteiger partial charge in [-0.05, 0) is 42.5 Å². The molecule has 3 rings (SSSR count). The highest BCUT2D eigenvalue weighted by Crippen LogP contribution is 2.52. The largest absolute Gasteiger partial charge is 0.481 e. The van der Waals surface area contributed by atoms with Gasteiger partial charge < -0.3 is 15.2 Å². The van der Waals surface area contributed by atoms with Gasteiger partial charge in [-0.1, -0.05) is 0 Å². The number of carbonyl (C=O) groups is 3. The van der Waals surface area contributed by atoms with E-state index in [0.29, 0.717) is 10.6 Å². The third kappa shape index (κ3) is 2.39. The van der Waals surface area contributed by atoms with Gasteiger partial charge in [0.15, 0.2) is 0 Å². The Morgan fingerprint density at radius 3 is 2.59 bits per heavy atom. The van der Waals surface area contributed by atoms with Gasteiger partial charge in [-0.15, -0.1) is 11.3 Å². The van der Waals surface area contributed by atoms with Crippen molar-refractivity contribution in [2.24, 2.45) is 23.7 Å². The van der Waals surface area contributed by atoms with Crippen molar-refractivity contribution in [2.75, 3.05) is 12.4 Å². The first-order valence-corrected chi connectivity index (χ1v) is 8.10. The lowest BCUT2D eigenvalue weighted by Crippen LogP contribution is -2.38. The predicted molar refractivity (Wildman–Crippen MR) is 79.7 cm³/mol. The number of nitrogens with one attached hydrogen (secondary N) is 1. The van der Waals surface area contributed by atoms with Crippen molar-refractivity contribution in [3.63, 3.8) is 0 Å². The molecule has 6 nitrogen and oxygen atoms in total. The van der Waals surface area contributed by atoms with Crippen molar-refractivity contribution in [2.45, 2.75) is 19.3 Å². The number of ether oxygens (including phenoxy) is 1. The van der Waals surface area contributed by atoms with Gasteiger partial charge in [0.05, 0.1) is 24.6 Å². The van der Waals surface area contributed by atoms with Gasteiger partial charge in [-0.3, -0.25) is 9.59 Å². The van der Waals surface area contributed by atoms with Crippen LogP contribution in [0.25, 0.3) is 0 Å². The van der Waals surface area contributed by atoms with Gasteiger partial charge in [0.2, 0.25) is 5.91 Å². The summed E-state index contributed by atoms with van der Waals surface area (Å²) < 4.78 is 4.68. The lowest BCUT2D eigenvalue weighted by atomic mass is 9.78. The maximum absolute atomic E-state index is 12.6. The highest BCUT2D eigenvalue weighted by Gasteiger charge is 2.54. The molecule has 1 aromatic rings. The van der Waals surface area contributed by atoms with Crippen LogP contribution in [0.2, 0.25) is 0 Å². The zero-order chi connectivity index (χ0) is 15.9. The molecule has 0 saturated heterocycles. The standard InChI is InChI=1S/C15H17NO5S/c1-21-15(20)12-9(4-5-22-12)16-13(17)10-7-2-3-8(6-7)11(10)14(18)19/h4-5,7-8,10-11H,2-3,6H2,1H3,(H,16,17)(H,18,19)/t7-,8-,10-,11-/m0/s1. The second kappa shape index (κ2) is 5.72. The Bertz CT molecular complexity index is 625. The monoisotopic (exact) mass is 323 g/mol. The van der Waals surface area contributed by atoms with Crippen LogP contribution < -0.4 is 5.32 Å². The van der Waals surface area contributed by atoms with Crippen LogP contribution in [0, 0.1) is 23.7 Å². The highest BCUT2D eigenvalue weighted by molar-refractivity contribution is 7.12. The molecule has 2 bridgehead atoms. The molecule has 2 N–H and O–H groups in total. The molecule has 22 heavy (non-hydrogen) atoms. The molecule has 1 amide bonds. The van der Waals surface area contributed by atoms with Crippen molar-refractivity contribution < 1.29 is 24.2 Å². The average molecular weight is 323 g/mol. The number of esters is 1. The molecule has 2 saturated carbocycles. The molecule has 2 fully saturated rings. The lowest BCUT2D eigenvalue weighted by molar-refractivity contribution is -0.148. The minimum atomic E-state index is -0.897. The van der Waals surface area contributed by atoms with Gasteiger partial charge in [0, 0.05) is 0 Å². The zero-order valence-corrected chi connectivity index (χ0v) is 12.9. The third-order valence-corrected chi connectivity index (χ3v) is 5.69. The first-order valence-electron chi connectivity index (χ1n) is 7.22. The summed E-state index contributed by atoms with van der Waals surface area (Å²) in [5.41, 5.74) is 0.397. The van der Waals surface area contributed by atoms with E-state index in [9.17, 15) is 19.5 Å². The Morgan fingerprint density at radius 2 is 1.95 bits per heavy atom. The molecule has 4 atom stereocenters. The Balaban J connectivity index is 1.79. The van der Waals surface area contributed by atoms with E-state index in [4.69, 9.17) is 0 Å². The summed E-state index contributed by atoms with van der Waals surface area (Å²) in [5.74, 6) is -2.60. The molecule has 0 aromatic carbocycles. The third-order valence-electron chi connectivity index (χ3n) is 4.80. The summed E-state index contributed by atoms with van der Waals surface area (Å²) in [4.78, 5) is 36.0. The quantitative estimate of drug-likeness (QED) is 0.829. The lowest BCUT2D eigenvalue weighted by Gasteiger charge is -2.27. The molecular weight excluding hydrogens is 306 g/mol. The second-order valence-corrected chi connectivity index (χ2v) is 6.78. The van der Waals surface area contributed by atoms with Gasteiger partial charge in [0.25, 0.3) is 0 Å². The molecular formula is C15H17NO5S. The smallest absolute Gasteiger partial charge is 0.350 e. The number of hydrogen-bond donors (Lipinski definition) is 2. The van der Waals surface area contributed by atoms with Gasteiger partial charge in [-0.2, -0.15) is 0 Å². The van der Waals surface area contributed by atoms with Gasteiger partial charge in [-0.25, -0.2) is 4.79 Å². The zero-order valence-electron chi connectivity index (χ0n) is 12.1. The van der Waals surface area contributed by atoms with Gasteiger partial charge in [0.1, 0.15) is 4.88 Å². The normalized spacial score (nSPS) is 29.3. The van der Waals surface area contributed by atoms with E-state index >= 15 is 0 Å². The fraction of sp³-hybridized carbons (Fsp3) is 0.533. The van der Waals surface area contributed by atoms with E-state index in [0.717, 1.165) is 19.3 Å². The van der Waals surface area contributed by atoms with Crippen molar-refractivity contribution in [3.05, 3.63) is 16.3 Å². The number of carboxylic acids is 1. The number of anilines is 1. The molecule has 1 heterocycles. The molecule has 0 radical (unpaired) electrons. The number of thiophene rings is 1. The van der Waals surface area contributed by atoms with Crippen molar-refractivity contribution >= 4 is 34.9 Å². The topological polar surface area (TPSA) is 92.7 Å². The van der Waals surface area contributed by atoms with Crippen LogP contribution in [0.5, 0.6) is 0 Å². The maximum atomic E-state index is 12.6. The Hall–Kier alpha value is -1.89. The van der Waals surface area contributed by atoms with E-state index in [1.807, 2.05) is 0 Å². The maximum Gasteiger partial charge on any atom is 0.350 e. The number of carboxylic acid groups (broad SMARTS) is 1. The Labute approximate surface area is 131 Å². The molecule has 0 aliphatic heterocycles. The van der Waals surface area contributed by atoms with Crippen LogP contribution in [-0.4, -0.2) is 30.1 Å².